The first-order valence-electron chi connectivity index (χ1n) is 7.91. The zero-order chi connectivity index (χ0) is 16.1. The smallest absolute Gasteiger partial charge is 0.339 e. The summed E-state index contributed by atoms with van der Waals surface area (Å²) in [5.41, 5.74) is 3.65. The molecule has 3 aromatic carbocycles. The predicted octanol–water partition coefficient (Wildman–Crippen LogP) is 6.24. The van der Waals surface area contributed by atoms with Gasteiger partial charge in [0.2, 0.25) is 0 Å². The maximum Gasteiger partial charge on any atom is 0.339 e. The van der Waals surface area contributed by atoms with Gasteiger partial charge in [-0.15, -0.1) is 0 Å². The second-order valence-electron chi connectivity index (χ2n) is 6.04. The van der Waals surface area contributed by atoms with Crippen molar-refractivity contribution in [2.45, 2.75) is 12.0 Å². The van der Waals surface area contributed by atoms with Gasteiger partial charge in [-0.3, -0.25) is 0 Å². The fourth-order valence-electron chi connectivity index (χ4n) is 3.72. The molecule has 0 N–H and O–H groups in total. The van der Waals surface area contributed by atoms with Gasteiger partial charge >= 0.3 is 7.73 Å². The van der Waals surface area contributed by atoms with Gasteiger partial charge in [0.15, 0.2) is 0 Å². The zero-order valence-electron chi connectivity index (χ0n) is 12.7. The molecule has 5 rings (SSSR count). The average Bonchev–Trinajstić information content (AvgIpc) is 2.77. The summed E-state index contributed by atoms with van der Waals surface area (Å²) in [4.78, 5) is 0. The van der Waals surface area contributed by atoms with E-state index in [-0.39, 0.29) is 12.0 Å². The summed E-state index contributed by atoms with van der Waals surface area (Å²) in [6.45, 7) is 0. The predicted molar refractivity (Wildman–Crippen MR) is 99.5 cm³/mol. The lowest BCUT2D eigenvalue weighted by Gasteiger charge is -2.28. The Hall–Kier alpha value is -1.86. The fraction of sp³-hybridized carbons (Fsp3) is 0.100. The highest BCUT2D eigenvalue weighted by Crippen LogP contribution is 2.56. The molecule has 0 fully saturated rings. The van der Waals surface area contributed by atoms with Crippen LogP contribution in [0.25, 0.3) is 16.8 Å². The van der Waals surface area contributed by atoms with Crippen molar-refractivity contribution in [2.24, 2.45) is 0 Å². The van der Waals surface area contributed by atoms with Gasteiger partial charge in [0.1, 0.15) is 5.75 Å². The van der Waals surface area contributed by atoms with Crippen LogP contribution < -0.4 is 4.52 Å². The monoisotopic (exact) mass is 352 g/mol. The molecule has 118 valence electrons. The van der Waals surface area contributed by atoms with Crippen LogP contribution in [-0.4, -0.2) is 6.10 Å². The van der Waals surface area contributed by atoms with E-state index in [1.54, 1.807) is 0 Å². The molecule has 4 heteroatoms. The molecule has 2 nitrogen and oxygen atoms in total. The van der Waals surface area contributed by atoms with Crippen LogP contribution in [0.5, 0.6) is 5.75 Å². The minimum absolute atomic E-state index is 0.0820. The molecule has 1 aliphatic heterocycles. The van der Waals surface area contributed by atoms with Crippen molar-refractivity contribution in [3.05, 3.63) is 83.4 Å². The van der Waals surface area contributed by atoms with Crippen LogP contribution in [0, 0.1) is 0 Å². The van der Waals surface area contributed by atoms with Crippen molar-refractivity contribution in [3.63, 3.8) is 0 Å². The summed E-state index contributed by atoms with van der Waals surface area (Å²) in [5.74, 6) is 0.908. The van der Waals surface area contributed by atoms with E-state index in [4.69, 9.17) is 20.3 Å². The number of halogens is 1. The van der Waals surface area contributed by atoms with Gasteiger partial charge in [-0.1, -0.05) is 66.7 Å². The Morgan fingerprint density at radius 3 is 2.71 bits per heavy atom. The van der Waals surface area contributed by atoms with E-state index in [2.05, 4.69) is 66.7 Å². The van der Waals surface area contributed by atoms with Crippen molar-refractivity contribution in [3.8, 4) is 5.75 Å². The fourth-order valence-corrected chi connectivity index (χ4v) is 4.96. The maximum atomic E-state index is 6.33. The second kappa shape index (κ2) is 5.60. The van der Waals surface area contributed by atoms with Crippen molar-refractivity contribution in [2.75, 3.05) is 0 Å². The van der Waals surface area contributed by atoms with Crippen LogP contribution >= 0.6 is 19.0 Å². The van der Waals surface area contributed by atoms with E-state index >= 15 is 0 Å². The molecule has 1 aliphatic carbocycles. The molecule has 0 bridgehead atoms. The molecule has 0 amide bonds. The molecule has 0 saturated heterocycles. The number of fused-ring (bicyclic) bond motifs is 7. The second-order valence-corrected chi connectivity index (χ2v) is 7.68. The minimum Gasteiger partial charge on any atom is -0.436 e. The van der Waals surface area contributed by atoms with Crippen LogP contribution in [0.4, 0.5) is 0 Å². The van der Waals surface area contributed by atoms with Crippen molar-refractivity contribution < 1.29 is 9.05 Å². The summed E-state index contributed by atoms with van der Waals surface area (Å²) in [5, 5.41) is 2.40. The lowest BCUT2D eigenvalue weighted by Crippen LogP contribution is -2.21. The highest BCUT2D eigenvalue weighted by Gasteiger charge is 2.37. The molecule has 3 atom stereocenters. The Morgan fingerprint density at radius 2 is 1.75 bits per heavy atom. The van der Waals surface area contributed by atoms with Gasteiger partial charge in [-0.05, 0) is 39.2 Å². The SMILES string of the molecule is ClP1Oc2ccc3ccccc3c2C2c3ccccc3C=CC2O1. The van der Waals surface area contributed by atoms with E-state index < -0.39 is 7.73 Å². The van der Waals surface area contributed by atoms with Gasteiger partial charge in [-0.2, -0.15) is 0 Å². The van der Waals surface area contributed by atoms with Crippen LogP contribution in [-0.2, 0) is 4.52 Å². The third-order valence-electron chi connectivity index (χ3n) is 4.74. The third-order valence-corrected chi connectivity index (χ3v) is 5.94. The van der Waals surface area contributed by atoms with E-state index in [1.807, 2.05) is 6.07 Å². The van der Waals surface area contributed by atoms with Crippen LogP contribution in [0.2, 0.25) is 0 Å². The summed E-state index contributed by atoms with van der Waals surface area (Å²) in [6, 6.07) is 21.0. The molecular weight excluding hydrogens is 339 g/mol. The van der Waals surface area contributed by atoms with Crippen LogP contribution in [0.15, 0.2) is 66.7 Å². The minimum atomic E-state index is -1.47. The Morgan fingerprint density at radius 1 is 0.917 bits per heavy atom. The normalized spacial score (nSPS) is 24.5. The molecule has 24 heavy (non-hydrogen) atoms. The topological polar surface area (TPSA) is 18.5 Å². The molecule has 0 saturated carbocycles. The van der Waals surface area contributed by atoms with Gasteiger partial charge in [-0.25, -0.2) is 0 Å². The maximum absolute atomic E-state index is 6.33. The quantitative estimate of drug-likeness (QED) is 0.446. The summed E-state index contributed by atoms with van der Waals surface area (Å²) < 4.78 is 12.0. The lowest BCUT2D eigenvalue weighted by molar-refractivity contribution is 0.251. The number of rotatable bonds is 0. The molecule has 1 heterocycles. The largest absolute Gasteiger partial charge is 0.436 e. The summed E-state index contributed by atoms with van der Waals surface area (Å²) in [7, 11) is -1.47. The van der Waals surface area contributed by atoms with Crippen LogP contribution in [0.3, 0.4) is 0 Å². The van der Waals surface area contributed by atoms with Gasteiger partial charge < -0.3 is 9.05 Å². The van der Waals surface area contributed by atoms with Gasteiger partial charge in [0.25, 0.3) is 0 Å². The highest BCUT2D eigenvalue weighted by molar-refractivity contribution is 7.76. The Balaban J connectivity index is 1.85. The van der Waals surface area contributed by atoms with Crippen LogP contribution in [0.1, 0.15) is 22.6 Å². The summed E-state index contributed by atoms with van der Waals surface area (Å²) in [6.07, 6.45) is 4.10. The number of hydrogen-bond donors (Lipinski definition) is 0. The molecule has 0 radical (unpaired) electrons. The van der Waals surface area contributed by atoms with E-state index in [1.165, 1.54) is 27.5 Å². The molecule has 0 aromatic heterocycles. The standard InChI is InChI=1S/C20H14ClO2P/c21-24-22-17-11-9-13-5-1-3-7-15(13)19(17)20-16-8-4-2-6-14(16)10-12-18(20)23-24/h1-12,17,19H. The Bertz CT molecular complexity index is 969. The highest BCUT2D eigenvalue weighted by atomic mass is 35.7. The van der Waals surface area contributed by atoms with Crippen molar-refractivity contribution in [1.82, 2.24) is 0 Å². The first-order chi connectivity index (χ1) is 11.8. The van der Waals surface area contributed by atoms with E-state index in [0.717, 1.165) is 5.75 Å². The summed E-state index contributed by atoms with van der Waals surface area (Å²) >= 11 is 6.33. The Labute approximate surface area is 146 Å². The van der Waals surface area contributed by atoms with Crippen molar-refractivity contribution >= 4 is 35.8 Å². The molecule has 2 aliphatic rings. The third kappa shape index (κ3) is 2.18. The van der Waals surface area contributed by atoms with Gasteiger partial charge in [0.05, 0.1) is 6.10 Å². The van der Waals surface area contributed by atoms with E-state index in [9.17, 15) is 0 Å². The van der Waals surface area contributed by atoms with Crippen molar-refractivity contribution in [1.29, 1.82) is 0 Å². The molecule has 3 aromatic rings. The number of hydrogen-bond acceptors (Lipinski definition) is 2. The van der Waals surface area contributed by atoms with Gasteiger partial charge in [0, 0.05) is 11.5 Å². The Kier molecular flexibility index (Phi) is 3.38. The molecule has 3 unspecified atom stereocenters. The number of benzene rings is 3. The molecule has 0 spiro atoms. The lowest BCUT2D eigenvalue weighted by atomic mass is 9.78. The average molecular weight is 353 g/mol. The van der Waals surface area contributed by atoms with E-state index in [0.29, 0.717) is 0 Å². The zero-order valence-corrected chi connectivity index (χ0v) is 14.4. The molecular formula is C20H14ClO2P. The first-order valence-corrected chi connectivity index (χ1v) is 9.99. The first kappa shape index (κ1) is 14.5.